The molecule has 1 heterocycles. The molecular weight excluding hydrogens is 320 g/mol. The van der Waals surface area contributed by atoms with Gasteiger partial charge in [-0.25, -0.2) is 0 Å². The van der Waals surface area contributed by atoms with Crippen LogP contribution in [0.15, 0.2) is 0 Å². The molecule has 5 heteroatoms. The maximum Gasteiger partial charge on any atom is 0.214 e. The minimum absolute atomic E-state index is 0.126. The van der Waals surface area contributed by atoms with Crippen molar-refractivity contribution >= 4 is 47.8 Å². The molecule has 1 rings (SSSR count). The molecule has 2 nitrogen and oxygen atoms in total. The average Bonchev–Trinajstić information content (AvgIpc) is 1.77. The van der Waals surface area contributed by atoms with E-state index in [0.717, 1.165) is 0 Å². The highest BCUT2D eigenvalue weighted by atomic mass is 79.9. The van der Waals surface area contributed by atoms with E-state index >= 15 is 0 Å². The van der Waals surface area contributed by atoms with Crippen LogP contribution in [0.1, 0.15) is 0 Å². The summed E-state index contributed by atoms with van der Waals surface area (Å²) in [6, 6.07) is 0. The summed E-state index contributed by atoms with van der Waals surface area (Å²) < 4.78 is 9.89. The van der Waals surface area contributed by atoms with E-state index < -0.39 is 3.42 Å². The molecule has 0 aromatic rings. The summed E-state index contributed by atoms with van der Waals surface area (Å²) in [6.45, 7) is 1.24. The third-order valence-electron chi connectivity index (χ3n) is 0.906. The first-order valence-corrected chi connectivity index (χ1v) is 4.90. The Labute approximate surface area is 78.7 Å². The minimum atomic E-state index is -0.543. The zero-order chi connectivity index (χ0) is 6.91. The van der Waals surface area contributed by atoms with E-state index in [-0.39, 0.29) is 5.01 Å². The van der Waals surface area contributed by atoms with E-state index in [1.165, 1.54) is 0 Å². The monoisotopic (exact) mass is 322 g/mol. The van der Waals surface area contributed by atoms with Gasteiger partial charge in [-0.05, 0) is 31.9 Å². The Morgan fingerprint density at radius 3 is 2.33 bits per heavy atom. The lowest BCUT2D eigenvalue weighted by molar-refractivity contribution is -0.0727. The summed E-state index contributed by atoms with van der Waals surface area (Å²) in [6.07, 6.45) is 0. The van der Waals surface area contributed by atoms with Crippen LogP contribution in [0, 0.1) is 0 Å². The van der Waals surface area contributed by atoms with Crippen molar-refractivity contribution in [2.24, 2.45) is 0 Å². The van der Waals surface area contributed by atoms with Crippen molar-refractivity contribution in [3.8, 4) is 0 Å². The summed E-state index contributed by atoms with van der Waals surface area (Å²) in [5, 5.41) is -0.126. The average molecular weight is 325 g/mol. The van der Waals surface area contributed by atoms with Crippen molar-refractivity contribution in [3.63, 3.8) is 0 Å². The van der Waals surface area contributed by atoms with Gasteiger partial charge in [0.2, 0.25) is 3.42 Å². The molecule has 1 aliphatic heterocycles. The number of alkyl halides is 3. The second kappa shape index (κ2) is 3.17. The third kappa shape index (κ3) is 2.15. The van der Waals surface area contributed by atoms with Crippen molar-refractivity contribution in [2.75, 3.05) is 13.2 Å². The first-order valence-electron chi connectivity index (χ1n) is 2.40. The van der Waals surface area contributed by atoms with E-state index in [9.17, 15) is 0 Å². The number of ether oxygens (including phenoxy) is 2. The summed E-state index contributed by atoms with van der Waals surface area (Å²) in [7, 11) is 0. The van der Waals surface area contributed by atoms with Crippen molar-refractivity contribution in [1.82, 2.24) is 0 Å². The lowest BCUT2D eigenvalue weighted by Crippen LogP contribution is -2.37. The molecule has 0 N–H and O–H groups in total. The van der Waals surface area contributed by atoms with Gasteiger partial charge >= 0.3 is 0 Å². The second-order valence-electron chi connectivity index (χ2n) is 1.60. The minimum Gasteiger partial charge on any atom is -0.360 e. The molecule has 0 saturated carbocycles. The summed E-state index contributed by atoms with van der Waals surface area (Å²) >= 11 is 9.83. The lowest BCUT2D eigenvalue weighted by atomic mass is 10.6. The lowest BCUT2D eigenvalue weighted by Gasteiger charge is -2.30. The highest BCUT2D eigenvalue weighted by molar-refractivity contribution is 9.26. The molecule has 0 aliphatic carbocycles. The van der Waals surface area contributed by atoms with Crippen LogP contribution in [0.2, 0.25) is 0 Å². The summed E-state index contributed by atoms with van der Waals surface area (Å²) in [5.41, 5.74) is 0. The van der Waals surface area contributed by atoms with Gasteiger partial charge in [-0.1, -0.05) is 15.9 Å². The zero-order valence-corrected chi connectivity index (χ0v) is 9.20. The maximum atomic E-state index is 5.24. The van der Waals surface area contributed by atoms with E-state index in [4.69, 9.17) is 9.47 Å². The normalized spacial score (nSPS) is 34.3. The maximum absolute atomic E-state index is 5.24. The predicted octanol–water partition coefficient (Wildman–Crippen LogP) is 2.20. The molecule has 0 radical (unpaired) electrons. The predicted molar refractivity (Wildman–Crippen MR) is 45.2 cm³/mol. The van der Waals surface area contributed by atoms with Gasteiger partial charge in [0, 0.05) is 0 Å². The topological polar surface area (TPSA) is 18.5 Å². The molecule has 1 aliphatic rings. The number of halogens is 3. The van der Waals surface area contributed by atoms with Crippen molar-refractivity contribution in [2.45, 2.75) is 8.43 Å². The van der Waals surface area contributed by atoms with Crippen molar-refractivity contribution in [3.05, 3.63) is 0 Å². The molecule has 1 atom stereocenters. The van der Waals surface area contributed by atoms with Crippen LogP contribution in [0.4, 0.5) is 0 Å². The summed E-state index contributed by atoms with van der Waals surface area (Å²) in [4.78, 5) is 0. The van der Waals surface area contributed by atoms with Gasteiger partial charge in [-0.15, -0.1) is 0 Å². The van der Waals surface area contributed by atoms with Crippen molar-refractivity contribution < 1.29 is 9.47 Å². The Kier molecular flexibility index (Phi) is 2.98. The molecule has 1 saturated heterocycles. The second-order valence-corrected chi connectivity index (χ2v) is 5.85. The zero-order valence-electron chi connectivity index (χ0n) is 4.44. The molecule has 54 valence electrons. The number of hydrogen-bond donors (Lipinski definition) is 0. The fourth-order valence-corrected chi connectivity index (χ4v) is 1.40. The van der Waals surface area contributed by atoms with Crippen LogP contribution in [0.25, 0.3) is 0 Å². The van der Waals surface area contributed by atoms with Crippen LogP contribution >= 0.6 is 47.8 Å². The fraction of sp³-hybridized carbons (Fsp3) is 1.00. The quantitative estimate of drug-likeness (QED) is 0.636. The van der Waals surface area contributed by atoms with Gasteiger partial charge < -0.3 is 9.47 Å². The van der Waals surface area contributed by atoms with E-state index in [2.05, 4.69) is 47.8 Å². The highest BCUT2D eigenvalue weighted by Crippen LogP contribution is 2.38. The van der Waals surface area contributed by atoms with E-state index in [0.29, 0.717) is 13.2 Å². The molecule has 0 bridgehead atoms. The number of hydrogen-bond acceptors (Lipinski definition) is 2. The van der Waals surface area contributed by atoms with Crippen LogP contribution in [-0.2, 0) is 9.47 Å². The molecule has 9 heavy (non-hydrogen) atoms. The Hall–Kier alpha value is 1.36. The van der Waals surface area contributed by atoms with Gasteiger partial charge in [0.05, 0.1) is 13.2 Å². The van der Waals surface area contributed by atoms with Crippen LogP contribution < -0.4 is 0 Å². The van der Waals surface area contributed by atoms with E-state index in [1.807, 2.05) is 0 Å². The Balaban J connectivity index is 2.49. The fourth-order valence-electron chi connectivity index (χ4n) is 0.492. The van der Waals surface area contributed by atoms with Crippen LogP contribution in [0.3, 0.4) is 0 Å². The first-order chi connectivity index (χ1) is 4.13. The van der Waals surface area contributed by atoms with Crippen LogP contribution in [0.5, 0.6) is 0 Å². The molecule has 1 unspecified atom stereocenters. The smallest absolute Gasteiger partial charge is 0.214 e. The first kappa shape index (κ1) is 8.46. The van der Waals surface area contributed by atoms with Gasteiger partial charge in [0.1, 0.15) is 0 Å². The number of rotatable bonds is 0. The van der Waals surface area contributed by atoms with Gasteiger partial charge in [-0.3, -0.25) is 0 Å². The van der Waals surface area contributed by atoms with Gasteiger partial charge in [0.25, 0.3) is 0 Å². The van der Waals surface area contributed by atoms with Gasteiger partial charge in [0.15, 0.2) is 5.01 Å². The molecule has 1 fully saturated rings. The molecule has 0 aromatic heterocycles. The SMILES string of the molecule is BrC1OCCOC1(Br)Br. The molecule has 0 amide bonds. The standard InChI is InChI=1S/C4H5Br3O2/c5-3-4(6,7)9-2-1-8-3/h3H,1-2H2. The van der Waals surface area contributed by atoms with Gasteiger partial charge in [-0.2, -0.15) is 0 Å². The Bertz CT molecular complexity index is 106. The summed E-state index contributed by atoms with van der Waals surface area (Å²) in [5.74, 6) is 0. The largest absolute Gasteiger partial charge is 0.360 e. The Morgan fingerprint density at radius 2 is 2.00 bits per heavy atom. The third-order valence-corrected chi connectivity index (χ3v) is 4.33. The molecule has 0 spiro atoms. The highest BCUT2D eigenvalue weighted by Gasteiger charge is 2.36. The Morgan fingerprint density at radius 1 is 1.33 bits per heavy atom. The molecular formula is C4H5Br3O2. The molecule has 0 aromatic carbocycles. The van der Waals surface area contributed by atoms with E-state index in [1.54, 1.807) is 0 Å². The van der Waals surface area contributed by atoms with Crippen molar-refractivity contribution in [1.29, 1.82) is 0 Å². The van der Waals surface area contributed by atoms with Crippen LogP contribution in [-0.4, -0.2) is 21.6 Å².